The topological polar surface area (TPSA) is 106 Å². The summed E-state index contributed by atoms with van der Waals surface area (Å²) >= 11 is 5.56. The van der Waals surface area contributed by atoms with Crippen molar-refractivity contribution in [3.05, 3.63) is 29.0 Å². The standard InChI is InChI=1S/C8H9ClFN5/c9-5-3-4(1-2-6(5)10)14-8(13)15-7(11)12/h1-3H,(H6,11,12,13,14,15)/p+2. The Morgan fingerprint density at radius 1 is 1.27 bits per heavy atom. The van der Waals surface area contributed by atoms with Crippen molar-refractivity contribution < 1.29 is 14.4 Å². The molecule has 0 aromatic heterocycles. The molecule has 0 amide bonds. The zero-order valence-electron chi connectivity index (χ0n) is 7.72. The molecule has 1 aromatic rings. The summed E-state index contributed by atoms with van der Waals surface area (Å²) in [6, 6.07) is 4.08. The first kappa shape index (κ1) is 11.3. The van der Waals surface area contributed by atoms with Crippen molar-refractivity contribution in [3.8, 4) is 0 Å². The van der Waals surface area contributed by atoms with Crippen molar-refractivity contribution >= 4 is 29.2 Å². The van der Waals surface area contributed by atoms with E-state index in [-0.39, 0.29) is 16.9 Å². The maximum atomic E-state index is 12.8. The number of nitrogens with two attached hydrogens (primary N) is 3. The molecule has 1 aromatic carbocycles. The molecular formula is C8H11ClFN5+2. The highest BCUT2D eigenvalue weighted by Gasteiger charge is 2.03. The van der Waals surface area contributed by atoms with Crippen molar-refractivity contribution in [2.24, 2.45) is 17.2 Å². The van der Waals surface area contributed by atoms with Gasteiger partial charge in [0.25, 0.3) is 0 Å². The molecule has 0 saturated heterocycles. The third kappa shape index (κ3) is 3.43. The number of halogens is 2. The predicted molar refractivity (Wildman–Crippen MR) is 55.6 cm³/mol. The Bertz CT molecular complexity index is 425. The monoisotopic (exact) mass is 231 g/mol. The van der Waals surface area contributed by atoms with Crippen LogP contribution >= 0.6 is 11.6 Å². The fourth-order valence-electron chi connectivity index (χ4n) is 0.916. The van der Waals surface area contributed by atoms with Gasteiger partial charge in [-0.15, -0.1) is 0 Å². The Balaban J connectivity index is 2.99. The highest BCUT2D eigenvalue weighted by Crippen LogP contribution is 2.15. The summed E-state index contributed by atoms with van der Waals surface area (Å²) < 4.78 is 12.8. The summed E-state index contributed by atoms with van der Waals surface area (Å²) in [6.07, 6.45) is 0. The van der Waals surface area contributed by atoms with Crippen molar-refractivity contribution in [1.29, 1.82) is 0 Å². The summed E-state index contributed by atoms with van der Waals surface area (Å²) in [6.45, 7) is 0. The molecule has 0 saturated carbocycles. The molecule has 8 N–H and O–H groups in total. The van der Waals surface area contributed by atoms with Gasteiger partial charge in [-0.2, -0.15) is 4.99 Å². The molecule has 7 heteroatoms. The van der Waals surface area contributed by atoms with Gasteiger partial charge in [-0.05, 0) is 12.1 Å². The largest absolute Gasteiger partial charge is 0.390 e. The number of benzene rings is 1. The van der Waals surface area contributed by atoms with Crippen LogP contribution in [0, 0.1) is 5.82 Å². The Kier molecular flexibility index (Phi) is 3.46. The van der Waals surface area contributed by atoms with Crippen LogP contribution < -0.4 is 27.2 Å². The number of rotatable bonds is 1. The number of hydrogen-bond acceptors (Lipinski definition) is 0. The molecule has 0 aliphatic rings. The van der Waals surface area contributed by atoms with E-state index >= 15 is 0 Å². The van der Waals surface area contributed by atoms with Crippen molar-refractivity contribution in [2.45, 2.75) is 0 Å². The van der Waals surface area contributed by atoms with E-state index in [0.717, 1.165) is 0 Å². The van der Waals surface area contributed by atoms with Crippen LogP contribution in [-0.4, -0.2) is 11.9 Å². The van der Waals surface area contributed by atoms with Gasteiger partial charge in [0.05, 0.1) is 5.02 Å². The van der Waals surface area contributed by atoms with E-state index in [1.165, 1.54) is 18.2 Å². The van der Waals surface area contributed by atoms with Gasteiger partial charge in [-0.25, -0.2) is 9.38 Å². The van der Waals surface area contributed by atoms with Crippen LogP contribution in [0.1, 0.15) is 0 Å². The summed E-state index contributed by atoms with van der Waals surface area (Å²) in [5, 5.41) is -0.00231. The first-order chi connectivity index (χ1) is 6.99. The summed E-state index contributed by atoms with van der Waals surface area (Å²) in [5.41, 5.74) is 16.3. The van der Waals surface area contributed by atoms with Crippen LogP contribution in [0.15, 0.2) is 18.2 Å². The Morgan fingerprint density at radius 2 is 1.93 bits per heavy atom. The number of hydrogen-bond donors (Lipinski definition) is 5. The third-order valence-electron chi connectivity index (χ3n) is 1.48. The minimum absolute atomic E-state index is 0.00231. The SMILES string of the molecule is NC(N)=[NH+]C(N)=[NH+]c1ccc(F)c(Cl)c1. The van der Waals surface area contributed by atoms with E-state index in [1.54, 1.807) is 0 Å². The summed E-state index contributed by atoms with van der Waals surface area (Å²) in [4.78, 5) is 5.14. The van der Waals surface area contributed by atoms with Gasteiger partial charge >= 0.3 is 11.9 Å². The molecule has 0 bridgehead atoms. The fourth-order valence-corrected chi connectivity index (χ4v) is 1.10. The Morgan fingerprint density at radius 3 is 2.47 bits per heavy atom. The van der Waals surface area contributed by atoms with Crippen LogP contribution in [-0.2, 0) is 0 Å². The molecule has 0 unspecified atom stereocenters. The molecule has 0 atom stereocenters. The lowest BCUT2D eigenvalue weighted by Gasteiger charge is -1.94. The van der Waals surface area contributed by atoms with Crippen LogP contribution in [0.2, 0.25) is 5.02 Å². The van der Waals surface area contributed by atoms with Crippen molar-refractivity contribution in [1.82, 2.24) is 0 Å². The van der Waals surface area contributed by atoms with Crippen LogP contribution in [0.25, 0.3) is 0 Å². The maximum absolute atomic E-state index is 12.8. The fraction of sp³-hybridized carbons (Fsp3) is 0. The first-order valence-corrected chi connectivity index (χ1v) is 4.36. The van der Waals surface area contributed by atoms with E-state index in [1.807, 2.05) is 0 Å². The minimum Gasteiger partial charge on any atom is -0.275 e. The molecule has 0 aliphatic heterocycles. The van der Waals surface area contributed by atoms with Gasteiger partial charge < -0.3 is 0 Å². The average molecular weight is 232 g/mol. The van der Waals surface area contributed by atoms with Crippen molar-refractivity contribution in [3.63, 3.8) is 0 Å². The first-order valence-electron chi connectivity index (χ1n) is 3.98. The van der Waals surface area contributed by atoms with E-state index in [4.69, 9.17) is 28.8 Å². The van der Waals surface area contributed by atoms with Crippen LogP contribution in [0.4, 0.5) is 10.1 Å². The second-order valence-corrected chi connectivity index (χ2v) is 3.16. The zero-order valence-corrected chi connectivity index (χ0v) is 8.48. The minimum atomic E-state index is -0.501. The summed E-state index contributed by atoms with van der Waals surface area (Å²) in [7, 11) is 0. The number of guanidine groups is 2. The lowest BCUT2D eigenvalue weighted by Crippen LogP contribution is -2.96. The normalized spacial score (nSPS) is 11.2. The molecule has 5 nitrogen and oxygen atoms in total. The van der Waals surface area contributed by atoms with E-state index in [0.29, 0.717) is 5.69 Å². The molecule has 1 rings (SSSR count). The molecule has 0 spiro atoms. The summed E-state index contributed by atoms with van der Waals surface area (Å²) in [5.74, 6) is -0.426. The van der Waals surface area contributed by atoms with Gasteiger partial charge in [-0.3, -0.25) is 17.2 Å². The van der Waals surface area contributed by atoms with Crippen LogP contribution in [0.3, 0.4) is 0 Å². The Labute approximate surface area is 90.4 Å². The molecule has 0 heterocycles. The van der Waals surface area contributed by atoms with E-state index in [2.05, 4.69) is 9.98 Å². The average Bonchev–Trinajstić information content (AvgIpc) is 2.10. The molecule has 0 aliphatic carbocycles. The van der Waals surface area contributed by atoms with Gasteiger partial charge in [0.1, 0.15) is 11.5 Å². The predicted octanol–water partition coefficient (Wildman–Crippen LogP) is -3.14. The highest BCUT2D eigenvalue weighted by molar-refractivity contribution is 6.30. The quantitative estimate of drug-likeness (QED) is 0.261. The number of nitrogens with one attached hydrogen (secondary N) is 2. The maximum Gasteiger partial charge on any atom is 0.390 e. The smallest absolute Gasteiger partial charge is 0.275 e. The molecule has 0 radical (unpaired) electrons. The van der Waals surface area contributed by atoms with Crippen molar-refractivity contribution in [2.75, 3.05) is 0 Å². The third-order valence-corrected chi connectivity index (χ3v) is 1.77. The molecule has 15 heavy (non-hydrogen) atoms. The van der Waals surface area contributed by atoms with E-state index in [9.17, 15) is 4.39 Å². The van der Waals surface area contributed by atoms with Gasteiger partial charge in [0, 0.05) is 6.07 Å². The molecular weight excluding hydrogens is 221 g/mol. The lowest BCUT2D eigenvalue weighted by molar-refractivity contribution is -0.459. The van der Waals surface area contributed by atoms with Gasteiger partial charge in [0.2, 0.25) is 0 Å². The van der Waals surface area contributed by atoms with Gasteiger partial charge in [-0.1, -0.05) is 11.6 Å². The Hall–Kier alpha value is -1.82. The lowest BCUT2D eigenvalue weighted by atomic mass is 10.3. The van der Waals surface area contributed by atoms with Crippen LogP contribution in [0.5, 0.6) is 0 Å². The highest BCUT2D eigenvalue weighted by atomic mass is 35.5. The zero-order chi connectivity index (χ0) is 11.4. The second kappa shape index (κ2) is 4.61. The van der Waals surface area contributed by atoms with Gasteiger partial charge in [0.15, 0.2) is 0 Å². The van der Waals surface area contributed by atoms with E-state index < -0.39 is 5.82 Å². The second-order valence-electron chi connectivity index (χ2n) is 2.75. The molecule has 0 fully saturated rings. The molecule has 80 valence electrons.